The van der Waals surface area contributed by atoms with Gasteiger partial charge < -0.3 is 9.80 Å². The van der Waals surface area contributed by atoms with Gasteiger partial charge in [0.15, 0.2) is 0 Å². The lowest BCUT2D eigenvalue weighted by atomic mass is 10.0. The lowest BCUT2D eigenvalue weighted by molar-refractivity contribution is -0.122. The molecule has 0 bridgehead atoms. The lowest BCUT2D eigenvalue weighted by Crippen LogP contribution is -2.48. The normalized spacial score (nSPS) is 17.6. The second-order valence-corrected chi connectivity index (χ2v) is 10.9. The van der Waals surface area contributed by atoms with Crippen LogP contribution < -0.4 is 10.5 Å². The zero-order chi connectivity index (χ0) is 26.5. The van der Waals surface area contributed by atoms with E-state index < -0.39 is 0 Å². The Kier molecular flexibility index (Phi) is 8.85. The smallest absolute Gasteiger partial charge is 0.270 e. The number of carbonyl (C=O) groups is 1. The SMILES string of the molecule is CCN1CCN(c2c(/C=C3\SC(=S)N(CCCc4ccccc4)C3=O)c(C)c(C#N)c(=O)n2CC)CC1. The third kappa shape index (κ3) is 5.66. The fraction of sp³-hybridized carbons (Fsp3) is 0.429. The maximum Gasteiger partial charge on any atom is 0.270 e. The van der Waals surface area contributed by atoms with Crippen molar-refractivity contribution in [1.82, 2.24) is 14.4 Å². The molecule has 7 nitrogen and oxygen atoms in total. The van der Waals surface area contributed by atoms with E-state index in [4.69, 9.17) is 12.2 Å². The molecular weight excluding hydrogens is 502 g/mol. The predicted molar refractivity (Wildman–Crippen MR) is 155 cm³/mol. The van der Waals surface area contributed by atoms with Crippen LogP contribution in [0.15, 0.2) is 40.0 Å². The zero-order valence-electron chi connectivity index (χ0n) is 21.7. The highest BCUT2D eigenvalue weighted by Crippen LogP contribution is 2.36. The van der Waals surface area contributed by atoms with Gasteiger partial charge in [-0.25, -0.2) is 0 Å². The molecule has 1 amide bonds. The van der Waals surface area contributed by atoms with Crippen LogP contribution in [0.1, 0.15) is 42.5 Å². The van der Waals surface area contributed by atoms with Crippen molar-refractivity contribution in [2.45, 2.75) is 40.2 Å². The van der Waals surface area contributed by atoms with Crippen LogP contribution in [0.3, 0.4) is 0 Å². The maximum atomic E-state index is 13.4. The molecule has 2 aliphatic rings. The second kappa shape index (κ2) is 12.1. The quantitative estimate of drug-likeness (QED) is 0.373. The Morgan fingerprint density at radius 1 is 1.08 bits per heavy atom. The highest BCUT2D eigenvalue weighted by molar-refractivity contribution is 8.26. The van der Waals surface area contributed by atoms with E-state index in [-0.39, 0.29) is 17.0 Å². The third-order valence-corrected chi connectivity index (χ3v) is 8.50. The van der Waals surface area contributed by atoms with Crippen molar-refractivity contribution in [2.24, 2.45) is 0 Å². The number of likely N-dealkylation sites (N-methyl/N-ethyl adjacent to an activating group) is 1. The predicted octanol–water partition coefficient (Wildman–Crippen LogP) is 4.02. The fourth-order valence-corrected chi connectivity index (χ4v) is 6.25. The number of nitrogens with zero attached hydrogens (tertiary/aromatic N) is 5. The summed E-state index contributed by atoms with van der Waals surface area (Å²) in [6.07, 6.45) is 3.53. The Morgan fingerprint density at radius 2 is 1.78 bits per heavy atom. The average molecular weight is 536 g/mol. The van der Waals surface area contributed by atoms with Crippen LogP contribution in [-0.4, -0.2) is 63.9 Å². The van der Waals surface area contributed by atoms with E-state index in [2.05, 4.69) is 34.9 Å². The van der Waals surface area contributed by atoms with Gasteiger partial charge in [-0.15, -0.1) is 0 Å². The fourth-order valence-electron chi connectivity index (χ4n) is 4.96. The van der Waals surface area contributed by atoms with Crippen LogP contribution in [0.5, 0.6) is 0 Å². The molecule has 1 aromatic carbocycles. The van der Waals surface area contributed by atoms with Gasteiger partial charge >= 0.3 is 0 Å². The molecule has 1 aromatic heterocycles. The number of rotatable bonds is 8. The summed E-state index contributed by atoms with van der Waals surface area (Å²) in [5.41, 5.74) is 2.45. The van der Waals surface area contributed by atoms with Gasteiger partial charge in [0.1, 0.15) is 21.8 Å². The monoisotopic (exact) mass is 535 g/mol. The first-order valence-corrected chi connectivity index (χ1v) is 14.1. The summed E-state index contributed by atoms with van der Waals surface area (Å²) in [5.74, 6) is 0.672. The number of thiocarbonyl (C=S) groups is 1. The number of hydrogen-bond donors (Lipinski definition) is 0. The number of anilines is 1. The number of aromatic nitrogens is 1. The number of piperazine rings is 1. The highest BCUT2D eigenvalue weighted by atomic mass is 32.2. The summed E-state index contributed by atoms with van der Waals surface area (Å²) in [5, 5.41) is 9.79. The van der Waals surface area contributed by atoms with Gasteiger partial charge in [0.05, 0.1) is 4.91 Å². The molecule has 37 heavy (non-hydrogen) atoms. The number of amides is 1. The van der Waals surface area contributed by atoms with Crippen molar-refractivity contribution in [3.8, 4) is 6.07 Å². The van der Waals surface area contributed by atoms with E-state index in [1.54, 1.807) is 16.4 Å². The van der Waals surface area contributed by atoms with Gasteiger partial charge in [0, 0.05) is 44.8 Å². The summed E-state index contributed by atoms with van der Waals surface area (Å²) < 4.78 is 2.23. The number of carbonyl (C=O) groups excluding carboxylic acids is 1. The first kappa shape index (κ1) is 27.1. The number of pyridine rings is 1. The van der Waals surface area contributed by atoms with Crippen LogP contribution in [0.2, 0.25) is 0 Å². The van der Waals surface area contributed by atoms with Gasteiger partial charge in [0.2, 0.25) is 0 Å². The van der Waals surface area contributed by atoms with Gasteiger partial charge in [0.25, 0.3) is 11.5 Å². The minimum absolute atomic E-state index is 0.114. The molecule has 3 heterocycles. The summed E-state index contributed by atoms with van der Waals surface area (Å²) in [6.45, 7) is 11.2. The summed E-state index contributed by atoms with van der Waals surface area (Å²) in [6, 6.07) is 12.3. The first-order chi connectivity index (χ1) is 17.9. The van der Waals surface area contributed by atoms with Crippen molar-refractivity contribution in [2.75, 3.05) is 44.2 Å². The number of thioether (sulfide) groups is 1. The molecule has 9 heteroatoms. The molecule has 2 aromatic rings. The van der Waals surface area contributed by atoms with Crippen molar-refractivity contribution in [3.63, 3.8) is 0 Å². The standard InChI is InChI=1S/C28H33N5O2S2/c1-4-30-14-16-31(17-15-30)25-22(20(3)23(19-29)26(34)32(25)5-2)18-24-27(35)33(28(36)37-24)13-9-12-21-10-7-6-8-11-21/h6-8,10-11,18H,4-5,9,12-17H2,1-3H3/b24-18-. The highest BCUT2D eigenvalue weighted by Gasteiger charge is 2.33. The van der Waals surface area contributed by atoms with Gasteiger partial charge in [-0.1, -0.05) is 61.2 Å². The Bertz CT molecular complexity index is 1300. The summed E-state index contributed by atoms with van der Waals surface area (Å²) in [7, 11) is 0. The van der Waals surface area contributed by atoms with E-state index in [1.165, 1.54) is 17.3 Å². The molecule has 0 radical (unpaired) electrons. The molecule has 2 saturated heterocycles. The average Bonchev–Trinajstić information content (AvgIpc) is 3.18. The maximum absolute atomic E-state index is 13.4. The van der Waals surface area contributed by atoms with Crippen molar-refractivity contribution in [3.05, 3.63) is 67.8 Å². The molecule has 194 valence electrons. The molecule has 0 atom stereocenters. The molecule has 0 saturated carbocycles. The second-order valence-electron chi connectivity index (χ2n) is 9.24. The summed E-state index contributed by atoms with van der Waals surface area (Å²) >= 11 is 6.87. The van der Waals surface area contributed by atoms with E-state index >= 15 is 0 Å². The molecule has 0 unspecified atom stereocenters. The Morgan fingerprint density at radius 3 is 2.41 bits per heavy atom. The molecular formula is C28H33N5O2S2. The molecule has 0 N–H and O–H groups in total. The van der Waals surface area contributed by atoms with Crippen molar-refractivity contribution < 1.29 is 4.79 Å². The first-order valence-electron chi connectivity index (χ1n) is 12.8. The van der Waals surface area contributed by atoms with Crippen LogP contribution in [0, 0.1) is 18.3 Å². The van der Waals surface area contributed by atoms with Crippen molar-refractivity contribution >= 4 is 46.1 Å². The molecule has 0 aliphatic carbocycles. The molecule has 0 spiro atoms. The van der Waals surface area contributed by atoms with Crippen LogP contribution >= 0.6 is 24.0 Å². The molecule has 2 fully saturated rings. The van der Waals surface area contributed by atoms with Gasteiger partial charge in [-0.3, -0.25) is 19.1 Å². The molecule has 4 rings (SSSR count). The Labute approximate surface area is 228 Å². The van der Waals surface area contributed by atoms with Gasteiger partial charge in [-0.2, -0.15) is 5.26 Å². The van der Waals surface area contributed by atoms with E-state index in [0.29, 0.717) is 27.9 Å². The minimum Gasteiger partial charge on any atom is -0.355 e. The third-order valence-electron chi connectivity index (χ3n) is 7.12. The van der Waals surface area contributed by atoms with E-state index in [9.17, 15) is 14.9 Å². The topological polar surface area (TPSA) is 72.6 Å². The molecule has 2 aliphatic heterocycles. The number of aryl methyl sites for hydroxylation is 1. The largest absolute Gasteiger partial charge is 0.355 e. The Balaban J connectivity index is 1.67. The van der Waals surface area contributed by atoms with E-state index in [1.807, 2.05) is 31.2 Å². The van der Waals surface area contributed by atoms with Crippen LogP contribution in [0.4, 0.5) is 5.82 Å². The number of hydrogen-bond acceptors (Lipinski definition) is 7. The van der Waals surface area contributed by atoms with E-state index in [0.717, 1.165) is 56.9 Å². The number of nitriles is 1. The number of benzene rings is 1. The van der Waals surface area contributed by atoms with Crippen LogP contribution in [-0.2, 0) is 17.8 Å². The lowest BCUT2D eigenvalue weighted by Gasteiger charge is -2.37. The van der Waals surface area contributed by atoms with Crippen LogP contribution in [0.25, 0.3) is 6.08 Å². The minimum atomic E-state index is -0.277. The van der Waals surface area contributed by atoms with Crippen molar-refractivity contribution in [1.29, 1.82) is 5.26 Å². The zero-order valence-corrected chi connectivity index (χ0v) is 23.3. The summed E-state index contributed by atoms with van der Waals surface area (Å²) in [4.78, 5) is 33.4. The van der Waals surface area contributed by atoms with Gasteiger partial charge in [-0.05, 0) is 50.4 Å². The Hall–Kier alpha value is -2.93.